The maximum atomic E-state index is 11.7. The average Bonchev–Trinajstić information content (AvgIpc) is 2.48. The minimum atomic E-state index is -0.382. The van der Waals surface area contributed by atoms with E-state index in [1.807, 2.05) is 43.3 Å². The molecule has 0 heterocycles. The Bertz CT molecular complexity index is 478. The highest BCUT2D eigenvalue weighted by atomic mass is 16.5. The summed E-state index contributed by atoms with van der Waals surface area (Å²) in [5.74, 6) is -0.382. The fraction of sp³-hybridized carbons (Fsp3) is 0.333. The van der Waals surface area contributed by atoms with Gasteiger partial charge in [-0.05, 0) is 25.5 Å². The van der Waals surface area contributed by atoms with Crippen LogP contribution in [0.15, 0.2) is 42.1 Å². The summed E-state index contributed by atoms with van der Waals surface area (Å²) in [4.78, 5) is 11.7. The molecule has 1 rings (SSSR count). The van der Waals surface area contributed by atoms with Crippen LogP contribution in [-0.2, 0) is 9.53 Å². The summed E-state index contributed by atoms with van der Waals surface area (Å²) < 4.78 is 5.16. The monoisotopic (exact) mass is 273 g/mol. The molecule has 0 unspecified atom stereocenters. The maximum absolute atomic E-state index is 11.7. The molecule has 0 bridgehead atoms. The van der Waals surface area contributed by atoms with E-state index < -0.39 is 0 Å². The van der Waals surface area contributed by atoms with Crippen LogP contribution >= 0.6 is 0 Å². The third-order valence-electron chi connectivity index (χ3n) is 2.48. The van der Waals surface area contributed by atoms with Crippen molar-refractivity contribution >= 4 is 11.6 Å². The van der Waals surface area contributed by atoms with Crippen molar-refractivity contribution in [2.75, 3.05) is 25.1 Å². The molecule has 0 atom stereocenters. The van der Waals surface area contributed by atoms with Gasteiger partial charge in [0, 0.05) is 31.6 Å². The quantitative estimate of drug-likeness (QED) is 0.432. The van der Waals surface area contributed by atoms with E-state index in [4.69, 9.17) is 10.00 Å². The number of rotatable bonds is 8. The van der Waals surface area contributed by atoms with Gasteiger partial charge in [-0.1, -0.05) is 18.2 Å². The van der Waals surface area contributed by atoms with Crippen LogP contribution < -0.4 is 10.6 Å². The number of amides is 1. The Morgan fingerprint density at radius 2 is 2.15 bits per heavy atom. The van der Waals surface area contributed by atoms with Crippen molar-refractivity contribution in [2.24, 2.45) is 0 Å². The van der Waals surface area contributed by atoms with Crippen LogP contribution in [0.5, 0.6) is 0 Å². The molecule has 1 aromatic carbocycles. The van der Waals surface area contributed by atoms with Gasteiger partial charge < -0.3 is 15.4 Å². The zero-order valence-electron chi connectivity index (χ0n) is 11.6. The SMILES string of the molecule is CCOCCCNC(=O)/C(C#N)=C\Nc1ccccc1. The molecule has 0 radical (unpaired) electrons. The first kappa shape index (κ1) is 15.7. The zero-order valence-corrected chi connectivity index (χ0v) is 11.6. The van der Waals surface area contributed by atoms with Crippen molar-refractivity contribution in [3.63, 3.8) is 0 Å². The van der Waals surface area contributed by atoms with Crippen molar-refractivity contribution in [1.82, 2.24) is 5.32 Å². The number of nitrogens with zero attached hydrogens (tertiary/aromatic N) is 1. The Hall–Kier alpha value is -2.32. The molecule has 0 aliphatic heterocycles. The average molecular weight is 273 g/mol. The number of benzene rings is 1. The number of hydrogen-bond donors (Lipinski definition) is 2. The van der Waals surface area contributed by atoms with Crippen LogP contribution in [0.2, 0.25) is 0 Å². The van der Waals surface area contributed by atoms with Gasteiger partial charge >= 0.3 is 0 Å². The van der Waals surface area contributed by atoms with Gasteiger partial charge in [-0.3, -0.25) is 4.79 Å². The van der Waals surface area contributed by atoms with Crippen molar-refractivity contribution in [2.45, 2.75) is 13.3 Å². The molecular formula is C15H19N3O2. The van der Waals surface area contributed by atoms with Gasteiger partial charge in [0.25, 0.3) is 5.91 Å². The summed E-state index contributed by atoms with van der Waals surface area (Å²) in [5, 5.41) is 14.6. The summed E-state index contributed by atoms with van der Waals surface area (Å²) in [7, 11) is 0. The van der Waals surface area contributed by atoms with Crippen LogP contribution in [0.1, 0.15) is 13.3 Å². The molecule has 106 valence electrons. The highest BCUT2D eigenvalue weighted by Gasteiger charge is 2.07. The van der Waals surface area contributed by atoms with Gasteiger partial charge in [0.2, 0.25) is 0 Å². The maximum Gasteiger partial charge on any atom is 0.263 e. The van der Waals surface area contributed by atoms with Crippen LogP contribution in [0.25, 0.3) is 0 Å². The van der Waals surface area contributed by atoms with E-state index in [1.165, 1.54) is 6.20 Å². The number of ether oxygens (including phenoxy) is 1. The van der Waals surface area contributed by atoms with Crippen LogP contribution in [-0.4, -0.2) is 25.7 Å². The number of hydrogen-bond acceptors (Lipinski definition) is 4. The highest BCUT2D eigenvalue weighted by Crippen LogP contribution is 2.05. The first-order valence-corrected chi connectivity index (χ1v) is 6.55. The van der Waals surface area contributed by atoms with Crippen molar-refractivity contribution in [3.8, 4) is 6.07 Å². The van der Waals surface area contributed by atoms with E-state index in [2.05, 4.69) is 10.6 Å². The Balaban J connectivity index is 2.41. The Labute approximate surface area is 119 Å². The fourth-order valence-electron chi connectivity index (χ4n) is 1.45. The van der Waals surface area contributed by atoms with Crippen LogP contribution in [0.3, 0.4) is 0 Å². The first-order valence-electron chi connectivity index (χ1n) is 6.55. The van der Waals surface area contributed by atoms with Crippen LogP contribution in [0, 0.1) is 11.3 Å². The molecular weight excluding hydrogens is 254 g/mol. The van der Waals surface area contributed by atoms with Gasteiger partial charge in [-0.15, -0.1) is 0 Å². The van der Waals surface area contributed by atoms with E-state index >= 15 is 0 Å². The number of nitriles is 1. The smallest absolute Gasteiger partial charge is 0.263 e. The highest BCUT2D eigenvalue weighted by molar-refractivity contribution is 5.97. The van der Waals surface area contributed by atoms with Gasteiger partial charge in [0.05, 0.1) is 0 Å². The summed E-state index contributed by atoms with van der Waals surface area (Å²) in [5.41, 5.74) is 0.870. The molecule has 0 spiro atoms. The molecule has 0 aliphatic carbocycles. The van der Waals surface area contributed by atoms with Crippen LogP contribution in [0.4, 0.5) is 5.69 Å². The van der Waals surface area contributed by atoms with Crippen molar-refractivity contribution < 1.29 is 9.53 Å². The number of carbonyl (C=O) groups is 1. The van der Waals surface area contributed by atoms with E-state index in [9.17, 15) is 4.79 Å². The number of para-hydroxylation sites is 1. The summed E-state index contributed by atoms with van der Waals surface area (Å²) >= 11 is 0. The predicted octanol–water partition coefficient (Wildman–Crippen LogP) is 2.05. The second-order valence-electron chi connectivity index (χ2n) is 3.99. The van der Waals surface area contributed by atoms with Gasteiger partial charge in [0.15, 0.2) is 0 Å². The zero-order chi connectivity index (χ0) is 14.6. The third-order valence-corrected chi connectivity index (χ3v) is 2.48. The molecule has 0 saturated carbocycles. The topological polar surface area (TPSA) is 74.1 Å². The van der Waals surface area contributed by atoms with Gasteiger partial charge in [0.1, 0.15) is 11.6 Å². The standard InChI is InChI=1S/C15H19N3O2/c1-2-20-10-6-9-17-15(19)13(11-16)12-18-14-7-4-3-5-8-14/h3-5,7-8,12,18H,2,6,9-10H2,1H3,(H,17,19)/b13-12-. The van der Waals surface area contributed by atoms with E-state index in [-0.39, 0.29) is 11.5 Å². The molecule has 1 amide bonds. The lowest BCUT2D eigenvalue weighted by Gasteiger charge is -2.05. The Kier molecular flexibility index (Phi) is 7.55. The normalized spacial score (nSPS) is 10.7. The van der Waals surface area contributed by atoms with E-state index in [0.29, 0.717) is 19.8 Å². The summed E-state index contributed by atoms with van der Waals surface area (Å²) in [6.07, 6.45) is 2.14. The molecule has 1 aromatic rings. The molecule has 5 heteroatoms. The number of nitrogens with one attached hydrogen (secondary N) is 2. The fourth-order valence-corrected chi connectivity index (χ4v) is 1.45. The molecule has 0 aromatic heterocycles. The minimum Gasteiger partial charge on any atom is -0.382 e. The second kappa shape index (κ2) is 9.59. The second-order valence-corrected chi connectivity index (χ2v) is 3.99. The molecule has 0 saturated heterocycles. The molecule has 0 aliphatic rings. The van der Waals surface area contributed by atoms with Crippen molar-refractivity contribution in [1.29, 1.82) is 5.26 Å². The van der Waals surface area contributed by atoms with Crippen molar-refractivity contribution in [3.05, 3.63) is 42.1 Å². The van der Waals surface area contributed by atoms with Gasteiger partial charge in [-0.25, -0.2) is 0 Å². The number of carbonyl (C=O) groups excluding carboxylic acids is 1. The molecule has 0 fully saturated rings. The van der Waals surface area contributed by atoms with E-state index in [1.54, 1.807) is 0 Å². The van der Waals surface area contributed by atoms with Gasteiger partial charge in [-0.2, -0.15) is 5.26 Å². The third kappa shape index (κ3) is 6.03. The van der Waals surface area contributed by atoms with E-state index in [0.717, 1.165) is 12.1 Å². The lowest BCUT2D eigenvalue weighted by atomic mass is 10.2. The molecule has 2 N–H and O–H groups in total. The molecule has 5 nitrogen and oxygen atoms in total. The lowest BCUT2D eigenvalue weighted by molar-refractivity contribution is -0.117. The lowest BCUT2D eigenvalue weighted by Crippen LogP contribution is -2.26. The largest absolute Gasteiger partial charge is 0.382 e. The minimum absolute atomic E-state index is 0.0465. The first-order chi connectivity index (χ1) is 9.77. The summed E-state index contributed by atoms with van der Waals surface area (Å²) in [6.45, 7) is 3.68. The molecule has 20 heavy (non-hydrogen) atoms. The Morgan fingerprint density at radius 3 is 2.80 bits per heavy atom. The predicted molar refractivity (Wildman–Crippen MR) is 77.9 cm³/mol. The Morgan fingerprint density at radius 1 is 1.40 bits per heavy atom. The summed E-state index contributed by atoms with van der Waals surface area (Å²) in [6, 6.07) is 11.2. The number of anilines is 1.